The van der Waals surface area contributed by atoms with Gasteiger partial charge in [-0.1, -0.05) is 31.4 Å². The summed E-state index contributed by atoms with van der Waals surface area (Å²) in [6.45, 7) is 7.47. The molecule has 0 aromatic heterocycles. The Morgan fingerprint density at radius 2 is 1.92 bits per heavy atom. The van der Waals surface area contributed by atoms with Crippen molar-refractivity contribution in [1.29, 1.82) is 0 Å². The Morgan fingerprint density at radius 1 is 1.25 bits per heavy atom. The van der Waals surface area contributed by atoms with Gasteiger partial charge in [0.25, 0.3) is 0 Å². The van der Waals surface area contributed by atoms with E-state index in [1.807, 2.05) is 0 Å². The second-order valence-corrected chi connectivity index (χ2v) is 4.35. The molecule has 1 saturated carbocycles. The highest BCUT2D eigenvalue weighted by atomic mass is 15.3. The van der Waals surface area contributed by atoms with Crippen molar-refractivity contribution >= 4 is 0 Å². The van der Waals surface area contributed by atoms with Gasteiger partial charge in [0.1, 0.15) is 0 Å². The first-order valence-electron chi connectivity index (χ1n) is 5.20. The normalized spacial score (nSPS) is 36.4. The zero-order chi connectivity index (χ0) is 8.55. The van der Waals surface area contributed by atoms with Crippen LogP contribution in [0, 0.1) is 0 Å². The summed E-state index contributed by atoms with van der Waals surface area (Å²) in [4.78, 5) is 2.63. The molecule has 0 bridgehead atoms. The predicted octanol–water partition coefficient (Wildman–Crippen LogP) is 2.58. The highest BCUT2D eigenvalue weighted by Crippen LogP contribution is 2.33. The summed E-state index contributed by atoms with van der Waals surface area (Å²) in [6, 6.07) is 1.65. The average molecular weight is 165 g/mol. The molecule has 1 aliphatic heterocycles. The van der Waals surface area contributed by atoms with E-state index in [0.717, 1.165) is 12.1 Å². The second kappa shape index (κ2) is 3.21. The Labute approximate surface area is 75.4 Å². The highest BCUT2D eigenvalue weighted by Gasteiger charge is 2.39. The molecule has 68 valence electrons. The fourth-order valence-corrected chi connectivity index (χ4v) is 2.41. The molecule has 0 radical (unpaired) electrons. The van der Waals surface area contributed by atoms with Crippen molar-refractivity contribution < 1.29 is 0 Å². The van der Waals surface area contributed by atoms with Gasteiger partial charge in [-0.15, -0.1) is 0 Å². The maximum Gasteiger partial charge on any atom is 0.0433 e. The lowest BCUT2D eigenvalue weighted by atomic mass is 9.95. The molecule has 1 aliphatic carbocycles. The highest BCUT2D eigenvalue weighted by molar-refractivity contribution is 5.14. The van der Waals surface area contributed by atoms with E-state index in [9.17, 15) is 0 Å². The monoisotopic (exact) mass is 165 g/mol. The number of rotatable bonds is 2. The molecule has 2 atom stereocenters. The van der Waals surface area contributed by atoms with Gasteiger partial charge in [-0.25, -0.2) is 0 Å². The molecule has 1 saturated heterocycles. The maximum atomic E-state index is 4.02. The Hall–Kier alpha value is -0.300. The summed E-state index contributed by atoms with van der Waals surface area (Å²) in [5.41, 5.74) is 1.36. The first-order chi connectivity index (χ1) is 5.79. The summed E-state index contributed by atoms with van der Waals surface area (Å²) < 4.78 is 0. The molecule has 0 amide bonds. The molecule has 1 heterocycles. The van der Waals surface area contributed by atoms with Crippen molar-refractivity contribution in [2.75, 3.05) is 6.54 Å². The smallest absolute Gasteiger partial charge is 0.0433 e. The third kappa shape index (κ3) is 1.56. The summed E-state index contributed by atoms with van der Waals surface area (Å²) >= 11 is 0. The van der Waals surface area contributed by atoms with Gasteiger partial charge in [-0.05, 0) is 19.8 Å². The molecular weight excluding hydrogens is 146 g/mol. The SMILES string of the molecule is C=C(C)C1CN1C1CCCCC1. The van der Waals surface area contributed by atoms with Crippen LogP contribution in [-0.4, -0.2) is 23.5 Å². The van der Waals surface area contributed by atoms with E-state index in [1.54, 1.807) is 0 Å². The first-order valence-corrected chi connectivity index (χ1v) is 5.20. The van der Waals surface area contributed by atoms with E-state index in [2.05, 4.69) is 18.4 Å². The fourth-order valence-electron chi connectivity index (χ4n) is 2.41. The van der Waals surface area contributed by atoms with E-state index in [1.165, 1.54) is 44.2 Å². The van der Waals surface area contributed by atoms with Crippen molar-refractivity contribution in [3.8, 4) is 0 Å². The Bertz CT molecular complexity index is 179. The molecule has 2 fully saturated rings. The van der Waals surface area contributed by atoms with E-state index in [-0.39, 0.29) is 0 Å². The largest absolute Gasteiger partial charge is 0.291 e. The van der Waals surface area contributed by atoms with Gasteiger partial charge in [0.15, 0.2) is 0 Å². The van der Waals surface area contributed by atoms with Crippen LogP contribution < -0.4 is 0 Å². The van der Waals surface area contributed by atoms with Crippen LogP contribution in [0.4, 0.5) is 0 Å². The summed E-state index contributed by atoms with van der Waals surface area (Å²) in [6.07, 6.45) is 7.23. The van der Waals surface area contributed by atoms with Crippen LogP contribution in [0.15, 0.2) is 12.2 Å². The molecule has 0 aromatic carbocycles. The zero-order valence-electron chi connectivity index (χ0n) is 8.05. The van der Waals surface area contributed by atoms with Crippen LogP contribution in [0.25, 0.3) is 0 Å². The number of hydrogen-bond acceptors (Lipinski definition) is 1. The summed E-state index contributed by atoms with van der Waals surface area (Å²) in [5, 5.41) is 0. The fraction of sp³-hybridized carbons (Fsp3) is 0.818. The van der Waals surface area contributed by atoms with Gasteiger partial charge < -0.3 is 0 Å². The summed E-state index contributed by atoms with van der Waals surface area (Å²) in [5.74, 6) is 0. The van der Waals surface area contributed by atoms with Gasteiger partial charge in [0.2, 0.25) is 0 Å². The molecule has 0 aromatic rings. The van der Waals surface area contributed by atoms with Crippen LogP contribution in [0.5, 0.6) is 0 Å². The van der Waals surface area contributed by atoms with Crippen LogP contribution in [0.2, 0.25) is 0 Å². The first kappa shape index (κ1) is 8.31. The third-order valence-electron chi connectivity index (χ3n) is 3.26. The lowest BCUT2D eigenvalue weighted by molar-refractivity contribution is 0.288. The zero-order valence-corrected chi connectivity index (χ0v) is 8.05. The van der Waals surface area contributed by atoms with Crippen molar-refractivity contribution in [2.24, 2.45) is 0 Å². The van der Waals surface area contributed by atoms with Gasteiger partial charge in [0.05, 0.1) is 0 Å². The Kier molecular flexibility index (Phi) is 2.22. The molecular formula is C11H19N. The quantitative estimate of drug-likeness (QED) is 0.449. The molecule has 2 rings (SSSR count). The lowest BCUT2D eigenvalue weighted by Gasteiger charge is -2.23. The van der Waals surface area contributed by atoms with E-state index in [4.69, 9.17) is 0 Å². The Balaban J connectivity index is 1.83. The van der Waals surface area contributed by atoms with Gasteiger partial charge in [0, 0.05) is 18.6 Å². The average Bonchev–Trinajstić information content (AvgIpc) is 2.84. The van der Waals surface area contributed by atoms with E-state index in [0.29, 0.717) is 0 Å². The molecule has 0 N–H and O–H groups in total. The summed E-state index contributed by atoms with van der Waals surface area (Å²) in [7, 11) is 0. The lowest BCUT2D eigenvalue weighted by Crippen LogP contribution is -2.23. The van der Waals surface area contributed by atoms with Crippen LogP contribution >= 0.6 is 0 Å². The topological polar surface area (TPSA) is 3.01 Å². The van der Waals surface area contributed by atoms with Gasteiger partial charge in [-0.3, -0.25) is 4.90 Å². The van der Waals surface area contributed by atoms with Gasteiger partial charge in [-0.2, -0.15) is 0 Å². The van der Waals surface area contributed by atoms with Crippen molar-refractivity contribution in [3.63, 3.8) is 0 Å². The van der Waals surface area contributed by atoms with Crippen molar-refractivity contribution in [1.82, 2.24) is 4.90 Å². The van der Waals surface area contributed by atoms with Crippen LogP contribution in [-0.2, 0) is 0 Å². The molecule has 1 nitrogen and oxygen atoms in total. The van der Waals surface area contributed by atoms with Gasteiger partial charge >= 0.3 is 0 Å². The minimum atomic E-state index is 0.744. The number of hydrogen-bond donors (Lipinski definition) is 0. The Morgan fingerprint density at radius 3 is 2.42 bits per heavy atom. The third-order valence-corrected chi connectivity index (χ3v) is 3.26. The minimum Gasteiger partial charge on any atom is -0.291 e. The second-order valence-electron chi connectivity index (χ2n) is 4.35. The number of nitrogens with zero attached hydrogens (tertiary/aromatic N) is 1. The molecule has 1 heteroatoms. The van der Waals surface area contributed by atoms with Crippen LogP contribution in [0.1, 0.15) is 39.0 Å². The van der Waals surface area contributed by atoms with Crippen molar-refractivity contribution in [2.45, 2.75) is 51.1 Å². The molecule has 2 aliphatic rings. The van der Waals surface area contributed by atoms with Crippen LogP contribution in [0.3, 0.4) is 0 Å². The maximum absolute atomic E-state index is 4.02. The molecule has 12 heavy (non-hydrogen) atoms. The molecule has 2 unspecified atom stereocenters. The standard InChI is InChI=1S/C11H19N/c1-9(2)11-8-12(11)10-6-4-3-5-7-10/h10-11H,1,3-8H2,2H3. The molecule has 0 spiro atoms. The minimum absolute atomic E-state index is 0.744. The van der Waals surface area contributed by atoms with E-state index >= 15 is 0 Å². The van der Waals surface area contributed by atoms with Crippen molar-refractivity contribution in [3.05, 3.63) is 12.2 Å². The van der Waals surface area contributed by atoms with E-state index < -0.39 is 0 Å². The predicted molar refractivity (Wildman–Crippen MR) is 52.2 cm³/mol.